The highest BCUT2D eigenvalue weighted by atomic mass is 35.5. The summed E-state index contributed by atoms with van der Waals surface area (Å²) in [5, 5.41) is 0. The van der Waals surface area contributed by atoms with E-state index in [4.69, 9.17) is 10.5 Å². The second kappa shape index (κ2) is 5.70. The molecule has 12 heavy (non-hydrogen) atoms. The Labute approximate surface area is 72.9 Å². The molecule has 0 radical (unpaired) electrons. The van der Waals surface area contributed by atoms with Crippen LogP contribution < -0.4 is 11.3 Å². The second-order valence-electron chi connectivity index (χ2n) is 1.77. The van der Waals surface area contributed by atoms with E-state index in [0.29, 0.717) is 0 Å². The van der Waals surface area contributed by atoms with Crippen molar-refractivity contribution in [3.63, 3.8) is 0 Å². The molecule has 0 aliphatic heterocycles. The van der Waals surface area contributed by atoms with Gasteiger partial charge in [0.1, 0.15) is 5.82 Å². The van der Waals surface area contributed by atoms with E-state index in [1.54, 1.807) is 0 Å². The van der Waals surface area contributed by atoms with Crippen molar-refractivity contribution >= 4 is 17.6 Å². The average Bonchev–Trinajstić information content (AvgIpc) is 2.08. The number of nitrogen functional groups attached to an aromatic ring is 1. The Hall–Kier alpha value is -0.910. The molecule has 0 spiro atoms. The summed E-state index contributed by atoms with van der Waals surface area (Å²) in [7, 11) is 0. The maximum absolute atomic E-state index is 12.5. The van der Waals surface area contributed by atoms with Crippen molar-refractivity contribution in [2.24, 2.45) is 5.84 Å². The number of anilines is 1. The maximum Gasteiger partial charge on any atom is 0.150 e. The molecule has 1 rings (SSSR count). The van der Waals surface area contributed by atoms with Crippen molar-refractivity contribution in [2.75, 3.05) is 5.43 Å². The van der Waals surface area contributed by atoms with Crippen molar-refractivity contribution in [1.82, 2.24) is 0 Å². The number of hydrogen-bond donors (Lipinski definition) is 3. The predicted octanol–water partition coefficient (Wildman–Crippen LogP) is 1.38. The molecule has 6 heteroatoms. The Kier molecular flexibility index (Phi) is 5.27. The van der Waals surface area contributed by atoms with Gasteiger partial charge in [-0.3, -0.25) is 10.5 Å². The molecule has 0 aliphatic carbocycles. The summed E-state index contributed by atoms with van der Waals surface area (Å²) in [5.74, 6) is 3.58. The third-order valence-corrected chi connectivity index (χ3v) is 1.09. The van der Waals surface area contributed by atoms with Gasteiger partial charge >= 0.3 is 0 Å². The zero-order valence-electron chi connectivity index (χ0n) is 5.89. The minimum atomic E-state index is -0.692. The molecule has 0 saturated heterocycles. The summed E-state index contributed by atoms with van der Waals surface area (Å²) in [5.41, 5.74) is 2.17. The predicted molar refractivity (Wildman–Crippen MR) is 42.2 cm³/mol. The van der Waals surface area contributed by atoms with Crippen LogP contribution in [0.4, 0.5) is 14.5 Å². The fraction of sp³-hybridized carbons (Fsp3) is 0. The minimum absolute atomic E-state index is 0.0846. The van der Waals surface area contributed by atoms with Crippen LogP contribution in [0, 0.1) is 11.6 Å². The van der Waals surface area contributed by atoms with Gasteiger partial charge in [-0.2, -0.15) is 0 Å². The molecular weight excluding hydrogens is 190 g/mol. The first-order valence-corrected chi connectivity index (χ1v) is 3.16. The summed E-state index contributed by atoms with van der Waals surface area (Å²) in [6.07, 6.45) is 0. The van der Waals surface area contributed by atoms with Crippen LogP contribution in [0.1, 0.15) is 0 Å². The lowest BCUT2D eigenvalue weighted by molar-refractivity contribution is 0.585. The number of hydrazine groups is 1. The fourth-order valence-electron chi connectivity index (χ4n) is 0.607. The molecule has 3 nitrogen and oxygen atoms in total. The van der Waals surface area contributed by atoms with Crippen molar-refractivity contribution in [2.45, 2.75) is 0 Å². The van der Waals surface area contributed by atoms with Crippen LogP contribution in [0.25, 0.3) is 0 Å². The van der Waals surface area contributed by atoms with E-state index in [0.717, 1.165) is 12.1 Å². The van der Waals surface area contributed by atoms with Gasteiger partial charge in [0.15, 0.2) is 5.82 Å². The first-order valence-electron chi connectivity index (χ1n) is 2.82. The first-order chi connectivity index (χ1) is 5.74. The topological polar surface area (TPSA) is 58.3 Å². The normalized spacial score (nSPS) is 8.42. The van der Waals surface area contributed by atoms with E-state index in [1.165, 1.54) is 6.07 Å². The van der Waals surface area contributed by atoms with Crippen LogP contribution >= 0.6 is 11.9 Å². The molecule has 0 unspecified atom stereocenters. The molecule has 0 amide bonds. The average molecular weight is 197 g/mol. The van der Waals surface area contributed by atoms with Crippen LogP contribution in [0.3, 0.4) is 0 Å². The Morgan fingerprint density at radius 1 is 1.33 bits per heavy atom. The van der Waals surface area contributed by atoms with E-state index in [-0.39, 0.29) is 5.69 Å². The molecule has 1 aromatic rings. The van der Waals surface area contributed by atoms with Crippen molar-refractivity contribution in [3.05, 3.63) is 29.8 Å². The summed E-state index contributed by atoms with van der Waals surface area (Å²) >= 11 is 3.64. The van der Waals surface area contributed by atoms with Gasteiger partial charge in [0.05, 0.1) is 17.6 Å². The number of hydrogen-bond acceptors (Lipinski definition) is 3. The molecule has 0 fully saturated rings. The molecule has 0 heterocycles. The summed E-state index contributed by atoms with van der Waals surface area (Å²) in [6, 6.07) is 3.11. The quantitative estimate of drug-likeness (QED) is 0.470. The van der Waals surface area contributed by atoms with E-state index >= 15 is 0 Å². The molecule has 68 valence electrons. The van der Waals surface area contributed by atoms with E-state index < -0.39 is 11.6 Å². The number of halogens is 3. The third kappa shape index (κ3) is 3.00. The lowest BCUT2D eigenvalue weighted by Crippen LogP contribution is -2.08. The second-order valence-corrected chi connectivity index (χ2v) is 1.77. The van der Waals surface area contributed by atoms with Crippen LogP contribution in [0.5, 0.6) is 0 Å². The Morgan fingerprint density at radius 2 is 1.92 bits per heavy atom. The first kappa shape index (κ1) is 11.1. The number of benzene rings is 1. The molecule has 0 saturated carbocycles. The fourth-order valence-corrected chi connectivity index (χ4v) is 0.607. The summed E-state index contributed by atoms with van der Waals surface area (Å²) in [4.78, 5) is 0. The van der Waals surface area contributed by atoms with Gasteiger partial charge in [-0.05, 0) is 12.1 Å². The maximum atomic E-state index is 12.5. The highest BCUT2D eigenvalue weighted by molar-refractivity contribution is 6.04. The van der Waals surface area contributed by atoms with Crippen molar-refractivity contribution in [3.8, 4) is 0 Å². The minimum Gasteiger partial charge on any atom is -0.321 e. The van der Waals surface area contributed by atoms with Gasteiger partial charge < -0.3 is 5.43 Å². The van der Waals surface area contributed by atoms with Crippen molar-refractivity contribution < 1.29 is 13.4 Å². The Balaban J connectivity index is 0.000000561. The molecule has 4 N–H and O–H groups in total. The van der Waals surface area contributed by atoms with Gasteiger partial charge in [0.25, 0.3) is 0 Å². The zero-order chi connectivity index (χ0) is 9.56. The zero-order valence-corrected chi connectivity index (χ0v) is 6.65. The van der Waals surface area contributed by atoms with Crippen LogP contribution in [-0.2, 0) is 0 Å². The summed E-state index contributed by atoms with van der Waals surface area (Å²) in [6.45, 7) is 0. The van der Waals surface area contributed by atoms with Gasteiger partial charge in [-0.15, -0.1) is 0 Å². The molecular formula is C6H7ClF2N2O. The SMILES string of the molecule is NNc1ccc(F)cc1F.OCl. The smallest absolute Gasteiger partial charge is 0.150 e. The molecule has 0 aliphatic rings. The number of nitrogens with one attached hydrogen (secondary N) is 1. The molecule has 0 bridgehead atoms. The van der Waals surface area contributed by atoms with Gasteiger partial charge in [-0.1, -0.05) is 0 Å². The highest BCUT2D eigenvalue weighted by Crippen LogP contribution is 2.12. The number of rotatable bonds is 1. The van der Waals surface area contributed by atoms with Gasteiger partial charge in [0, 0.05) is 6.07 Å². The van der Waals surface area contributed by atoms with Gasteiger partial charge in [-0.25, -0.2) is 8.78 Å². The van der Waals surface area contributed by atoms with E-state index in [9.17, 15) is 8.78 Å². The Morgan fingerprint density at radius 3 is 2.33 bits per heavy atom. The Bertz CT molecular complexity index is 247. The molecule has 0 aromatic heterocycles. The van der Waals surface area contributed by atoms with Crippen LogP contribution in [0.15, 0.2) is 18.2 Å². The van der Waals surface area contributed by atoms with Crippen LogP contribution in [-0.4, -0.2) is 4.66 Å². The molecule has 1 aromatic carbocycles. The highest BCUT2D eigenvalue weighted by Gasteiger charge is 1.99. The monoisotopic (exact) mass is 196 g/mol. The van der Waals surface area contributed by atoms with Crippen LogP contribution in [0.2, 0.25) is 0 Å². The third-order valence-electron chi connectivity index (χ3n) is 1.09. The van der Waals surface area contributed by atoms with E-state index in [1.807, 2.05) is 0 Å². The number of nitrogens with two attached hydrogens (primary N) is 1. The lowest BCUT2D eigenvalue weighted by atomic mass is 10.3. The summed E-state index contributed by atoms with van der Waals surface area (Å²) < 4.78 is 31.1. The lowest BCUT2D eigenvalue weighted by Gasteiger charge is -1.99. The molecule has 0 atom stereocenters. The largest absolute Gasteiger partial charge is 0.321 e. The van der Waals surface area contributed by atoms with Gasteiger partial charge in [0.2, 0.25) is 0 Å². The van der Waals surface area contributed by atoms with E-state index in [2.05, 4.69) is 17.3 Å². The van der Waals surface area contributed by atoms with Crippen molar-refractivity contribution in [1.29, 1.82) is 0 Å². The standard InChI is InChI=1S/C6H6F2N2.ClHO/c7-4-1-2-6(10-9)5(8)3-4;1-2/h1-3,10H,9H2;2H.